The lowest BCUT2D eigenvalue weighted by Gasteiger charge is -2.10. The largest absolute Gasteiger partial charge is 0.381 e. The van der Waals surface area contributed by atoms with Gasteiger partial charge >= 0.3 is 0 Å². The first-order chi connectivity index (χ1) is 16.6. The highest BCUT2D eigenvalue weighted by atomic mass is 16.1. The molecule has 2 aromatic carbocycles. The molecule has 0 aliphatic heterocycles. The number of nitrogens with zero attached hydrogens (tertiary/aromatic N) is 4. The Morgan fingerprint density at radius 3 is 2.62 bits per heavy atom. The summed E-state index contributed by atoms with van der Waals surface area (Å²) < 4.78 is 3.80. The summed E-state index contributed by atoms with van der Waals surface area (Å²) in [4.78, 5) is 15.5. The molecule has 3 heterocycles. The smallest absolute Gasteiger partial charge is 0.258 e. The molecule has 0 aliphatic rings. The zero-order chi connectivity index (χ0) is 24.1. The molecule has 0 fully saturated rings. The van der Waals surface area contributed by atoms with Gasteiger partial charge in [-0.2, -0.15) is 0 Å². The van der Waals surface area contributed by atoms with Crippen LogP contribution in [0.3, 0.4) is 0 Å². The van der Waals surface area contributed by atoms with Crippen LogP contribution in [0.25, 0.3) is 22.2 Å². The zero-order valence-corrected chi connectivity index (χ0v) is 19.4. The minimum absolute atomic E-state index is 0.183. The Morgan fingerprint density at radius 2 is 1.91 bits per heavy atom. The number of aryl methyl sites for hydroxylation is 1. The zero-order valence-electron chi connectivity index (χ0n) is 19.4. The molecule has 0 spiro atoms. The molecule has 0 saturated carbocycles. The van der Waals surface area contributed by atoms with E-state index in [0.717, 1.165) is 12.0 Å². The number of hydrogen-bond donors (Lipinski definition) is 2. The lowest BCUT2D eigenvalue weighted by atomic mass is 10.1. The first-order valence-electron chi connectivity index (χ1n) is 11.0. The van der Waals surface area contributed by atoms with Crippen LogP contribution < -0.4 is 11.1 Å². The van der Waals surface area contributed by atoms with Gasteiger partial charge in [0.05, 0.1) is 5.52 Å². The summed E-state index contributed by atoms with van der Waals surface area (Å²) in [6.07, 6.45) is 4.27. The van der Waals surface area contributed by atoms with Gasteiger partial charge in [-0.15, -0.1) is 11.0 Å². The van der Waals surface area contributed by atoms with Crippen LogP contribution in [0.4, 0.5) is 5.82 Å². The Bertz CT molecular complexity index is 1520. The van der Waals surface area contributed by atoms with Crippen LogP contribution in [-0.2, 0) is 6.42 Å². The lowest BCUT2D eigenvalue weighted by Crippen LogP contribution is -2.19. The van der Waals surface area contributed by atoms with Crippen LogP contribution in [0.2, 0.25) is 0 Å². The van der Waals surface area contributed by atoms with Crippen molar-refractivity contribution in [2.45, 2.75) is 20.3 Å². The number of para-hydroxylation sites is 2. The molecule has 0 radical (unpaired) electrons. The number of anilines is 1. The van der Waals surface area contributed by atoms with Gasteiger partial charge in [0.1, 0.15) is 5.56 Å². The third-order valence-electron chi connectivity index (χ3n) is 5.41. The van der Waals surface area contributed by atoms with Crippen LogP contribution in [0.1, 0.15) is 35.5 Å². The molecule has 7 heteroatoms. The minimum Gasteiger partial charge on any atom is -0.381 e. The van der Waals surface area contributed by atoms with Crippen molar-refractivity contribution in [2.24, 2.45) is 0 Å². The highest BCUT2D eigenvalue weighted by Gasteiger charge is 2.17. The maximum Gasteiger partial charge on any atom is 0.258 e. The summed E-state index contributed by atoms with van der Waals surface area (Å²) >= 11 is 0. The van der Waals surface area contributed by atoms with Crippen molar-refractivity contribution < 1.29 is 4.79 Å². The van der Waals surface area contributed by atoms with Crippen molar-refractivity contribution in [1.29, 1.82) is 0 Å². The van der Waals surface area contributed by atoms with E-state index in [4.69, 9.17) is 5.73 Å². The fraction of sp³-hybridized carbons (Fsp3) is 0.148. The number of aromatic nitrogens is 4. The van der Waals surface area contributed by atoms with Crippen molar-refractivity contribution >= 4 is 28.3 Å². The predicted octanol–water partition coefficient (Wildman–Crippen LogP) is 4.24. The average Bonchev–Trinajstić information content (AvgIpc) is 3.42. The average molecular weight is 451 g/mol. The van der Waals surface area contributed by atoms with Gasteiger partial charge in [-0.3, -0.25) is 4.79 Å². The number of nitrogens with one attached hydrogen (secondary N) is 1. The molecule has 3 N–H and O–H groups in total. The number of hydrogen-bond acceptors (Lipinski definition) is 4. The second kappa shape index (κ2) is 9.92. The van der Waals surface area contributed by atoms with Gasteiger partial charge in [0.2, 0.25) is 0 Å². The number of carbonyl (C=O) groups is 1. The van der Waals surface area contributed by atoms with Crippen LogP contribution in [0.15, 0.2) is 73.1 Å². The normalized spacial score (nSPS) is 10.3. The highest BCUT2D eigenvalue weighted by molar-refractivity contribution is 6.04. The van der Waals surface area contributed by atoms with Crippen LogP contribution >= 0.6 is 0 Å². The minimum atomic E-state index is -0.281. The van der Waals surface area contributed by atoms with E-state index in [9.17, 15) is 4.79 Å². The van der Waals surface area contributed by atoms with Crippen molar-refractivity contribution in [3.63, 3.8) is 0 Å². The molecule has 1 amide bonds. The van der Waals surface area contributed by atoms with Crippen LogP contribution in [0.5, 0.6) is 0 Å². The molecule has 170 valence electrons. The molecule has 0 aliphatic carbocycles. The van der Waals surface area contributed by atoms with Crippen molar-refractivity contribution in [2.75, 3.05) is 12.8 Å². The monoisotopic (exact) mass is 450 g/mol. The van der Waals surface area contributed by atoms with E-state index in [1.165, 1.54) is 33.8 Å². The van der Waals surface area contributed by atoms with E-state index < -0.39 is 0 Å². The molecule has 3 aromatic heterocycles. The van der Waals surface area contributed by atoms with E-state index in [2.05, 4.69) is 87.3 Å². The van der Waals surface area contributed by atoms with Gasteiger partial charge in [0, 0.05) is 41.8 Å². The number of rotatable bonds is 3. The van der Waals surface area contributed by atoms with Gasteiger partial charge in [-0.05, 0) is 43.7 Å². The number of carbonyl (C=O) groups excluding carboxylic acids is 1. The summed E-state index contributed by atoms with van der Waals surface area (Å²) in [5, 5.41) is 7.70. The number of fused-ring (bicyclic) bond motifs is 2. The Balaban J connectivity index is 0.000000172. The van der Waals surface area contributed by atoms with Gasteiger partial charge in [-0.1, -0.05) is 43.2 Å². The predicted molar refractivity (Wildman–Crippen MR) is 136 cm³/mol. The second-order valence-electron chi connectivity index (χ2n) is 7.51. The van der Waals surface area contributed by atoms with E-state index in [0.29, 0.717) is 11.2 Å². The molecule has 0 bridgehead atoms. The molecular formula is C27H26N6O. The van der Waals surface area contributed by atoms with Crippen LogP contribution in [0, 0.1) is 11.8 Å². The summed E-state index contributed by atoms with van der Waals surface area (Å²) in [5.41, 5.74) is 11.2. The first kappa shape index (κ1) is 22.6. The molecule has 0 saturated heterocycles. The first-order valence-corrected chi connectivity index (χ1v) is 11.0. The summed E-state index contributed by atoms with van der Waals surface area (Å²) in [7, 11) is 1.54. The summed E-state index contributed by atoms with van der Waals surface area (Å²) in [6, 6.07) is 20.8. The third kappa shape index (κ3) is 4.21. The molecule has 7 nitrogen and oxygen atoms in total. The second-order valence-corrected chi connectivity index (χ2v) is 7.51. The van der Waals surface area contributed by atoms with Gasteiger partial charge < -0.3 is 15.6 Å². The Morgan fingerprint density at radius 1 is 1.12 bits per heavy atom. The number of benzene rings is 2. The summed E-state index contributed by atoms with van der Waals surface area (Å²) in [6.45, 7) is 4.08. The van der Waals surface area contributed by atoms with E-state index >= 15 is 0 Å². The number of nitrogens with two attached hydrogens (primary N) is 1. The Hall–Kier alpha value is -4.57. The SMILES string of the molecule is CC#Cc1cccc2cc(CC)n(-c3ccccc3)c12.CNC(=O)c1c(N)nn2cccnc12. The number of amides is 1. The van der Waals surface area contributed by atoms with E-state index in [1.54, 1.807) is 18.5 Å². The van der Waals surface area contributed by atoms with E-state index in [1.807, 2.05) is 13.0 Å². The third-order valence-corrected chi connectivity index (χ3v) is 5.41. The molecule has 0 atom stereocenters. The van der Waals surface area contributed by atoms with Crippen molar-refractivity contribution in [1.82, 2.24) is 24.5 Å². The van der Waals surface area contributed by atoms with Crippen molar-refractivity contribution in [3.8, 4) is 17.5 Å². The van der Waals surface area contributed by atoms with Gasteiger partial charge in [0.25, 0.3) is 5.91 Å². The fourth-order valence-corrected chi connectivity index (χ4v) is 3.93. The summed E-state index contributed by atoms with van der Waals surface area (Å²) in [5.74, 6) is 6.15. The Labute approximate surface area is 198 Å². The topological polar surface area (TPSA) is 90.2 Å². The molecule has 34 heavy (non-hydrogen) atoms. The lowest BCUT2D eigenvalue weighted by molar-refractivity contribution is 0.0965. The highest BCUT2D eigenvalue weighted by Crippen LogP contribution is 2.27. The molecular weight excluding hydrogens is 424 g/mol. The maximum absolute atomic E-state index is 11.4. The quantitative estimate of drug-likeness (QED) is 0.403. The van der Waals surface area contributed by atoms with E-state index in [-0.39, 0.29) is 11.7 Å². The molecule has 5 rings (SSSR count). The van der Waals surface area contributed by atoms with Gasteiger partial charge in [0.15, 0.2) is 11.5 Å². The van der Waals surface area contributed by atoms with Gasteiger partial charge in [-0.25, -0.2) is 9.50 Å². The number of nitrogen functional groups attached to an aromatic ring is 1. The standard InChI is InChI=1S/C19H17N.C8H9N5O/c1-3-9-15-10-8-11-16-14-17(4-2)20(19(15)16)18-12-6-5-7-13-18;1-10-8(14)5-6(9)12-13-4-2-3-11-7(5)13/h5-8,10-14H,4H2,1-2H3;2-4H,1H3,(H2,9,12)(H,10,14). The van der Waals surface area contributed by atoms with Crippen molar-refractivity contribution in [3.05, 3.63) is 89.9 Å². The van der Waals surface area contributed by atoms with Crippen LogP contribution in [-0.4, -0.2) is 32.1 Å². The Kier molecular flexibility index (Phi) is 6.60. The molecule has 5 aromatic rings. The maximum atomic E-state index is 11.4. The molecule has 0 unspecified atom stereocenters. The fourth-order valence-electron chi connectivity index (χ4n) is 3.93.